The van der Waals surface area contributed by atoms with Gasteiger partial charge >= 0.3 is 11.9 Å². The van der Waals surface area contributed by atoms with Gasteiger partial charge in [-0.25, -0.2) is 0 Å². The molecule has 1 N–H and O–H groups in total. The number of hydrogen-bond acceptors (Lipinski definition) is 3. The number of carboxylic acid groups (broad SMARTS) is 1. The van der Waals surface area contributed by atoms with E-state index in [2.05, 4.69) is 25.7 Å². The summed E-state index contributed by atoms with van der Waals surface area (Å²) in [5, 5.41) is 8.96. The maximum atomic E-state index is 11.9. The molecular formula is C25H44O4. The van der Waals surface area contributed by atoms with Gasteiger partial charge < -0.3 is 9.84 Å². The zero-order valence-electron chi connectivity index (χ0n) is 18.7. The fourth-order valence-corrected chi connectivity index (χ4v) is 3.40. The van der Waals surface area contributed by atoms with Crippen LogP contribution in [0.2, 0.25) is 0 Å². The van der Waals surface area contributed by atoms with Crippen molar-refractivity contribution in [1.82, 2.24) is 0 Å². The van der Waals surface area contributed by atoms with E-state index in [0.29, 0.717) is 6.42 Å². The molecule has 0 saturated heterocycles. The van der Waals surface area contributed by atoms with E-state index in [-0.39, 0.29) is 13.0 Å². The van der Waals surface area contributed by atoms with Crippen LogP contribution < -0.4 is 0 Å². The number of hydrogen-bond donors (Lipinski definition) is 1. The van der Waals surface area contributed by atoms with Gasteiger partial charge in [0, 0.05) is 0 Å². The van der Waals surface area contributed by atoms with E-state index in [1.165, 1.54) is 76.7 Å². The van der Waals surface area contributed by atoms with Crippen molar-refractivity contribution in [2.75, 3.05) is 6.61 Å². The SMILES string of the molecule is C=CCOC(=O)C(CCCCCCCCCCCC/C=C/CCCC)CC(=O)O. The summed E-state index contributed by atoms with van der Waals surface area (Å²) in [6.45, 7) is 5.88. The summed E-state index contributed by atoms with van der Waals surface area (Å²) in [7, 11) is 0. The highest BCUT2D eigenvalue weighted by Gasteiger charge is 2.22. The molecule has 0 heterocycles. The first-order valence-corrected chi connectivity index (χ1v) is 11.8. The van der Waals surface area contributed by atoms with Crippen molar-refractivity contribution < 1.29 is 19.4 Å². The first-order chi connectivity index (χ1) is 14.1. The van der Waals surface area contributed by atoms with Gasteiger partial charge in [0.05, 0.1) is 12.3 Å². The molecule has 0 aliphatic carbocycles. The summed E-state index contributed by atoms with van der Waals surface area (Å²) < 4.78 is 5.01. The second-order valence-corrected chi connectivity index (χ2v) is 7.94. The third-order valence-electron chi connectivity index (χ3n) is 5.16. The van der Waals surface area contributed by atoms with E-state index < -0.39 is 17.9 Å². The molecule has 0 fully saturated rings. The number of carbonyl (C=O) groups is 2. The molecule has 0 radical (unpaired) electrons. The molecule has 0 aliphatic heterocycles. The average Bonchev–Trinajstić information content (AvgIpc) is 2.70. The van der Waals surface area contributed by atoms with Crippen LogP contribution in [-0.4, -0.2) is 23.7 Å². The Morgan fingerprint density at radius 2 is 1.38 bits per heavy atom. The Morgan fingerprint density at radius 3 is 1.90 bits per heavy atom. The molecule has 1 atom stereocenters. The molecule has 29 heavy (non-hydrogen) atoms. The Morgan fingerprint density at radius 1 is 0.862 bits per heavy atom. The number of ether oxygens (including phenoxy) is 1. The summed E-state index contributed by atoms with van der Waals surface area (Å²) in [6, 6.07) is 0. The van der Waals surface area contributed by atoms with Crippen molar-refractivity contribution in [3.05, 3.63) is 24.8 Å². The Hall–Kier alpha value is -1.58. The lowest BCUT2D eigenvalue weighted by Crippen LogP contribution is -2.21. The van der Waals surface area contributed by atoms with Crippen LogP contribution in [0.1, 0.15) is 110 Å². The number of esters is 1. The van der Waals surface area contributed by atoms with Gasteiger partial charge in [-0.1, -0.05) is 102 Å². The van der Waals surface area contributed by atoms with Gasteiger partial charge in [0.25, 0.3) is 0 Å². The molecule has 0 rings (SSSR count). The highest BCUT2D eigenvalue weighted by molar-refractivity contribution is 5.79. The molecule has 0 aromatic rings. The number of unbranched alkanes of at least 4 members (excludes halogenated alkanes) is 12. The van der Waals surface area contributed by atoms with Crippen LogP contribution in [-0.2, 0) is 14.3 Å². The molecular weight excluding hydrogens is 364 g/mol. The van der Waals surface area contributed by atoms with Crippen molar-refractivity contribution in [1.29, 1.82) is 0 Å². The van der Waals surface area contributed by atoms with Gasteiger partial charge in [-0.2, -0.15) is 0 Å². The van der Waals surface area contributed by atoms with E-state index in [1.54, 1.807) is 0 Å². The molecule has 0 spiro atoms. The first-order valence-electron chi connectivity index (χ1n) is 11.8. The van der Waals surface area contributed by atoms with E-state index in [0.717, 1.165) is 19.3 Å². The molecule has 4 nitrogen and oxygen atoms in total. The van der Waals surface area contributed by atoms with Crippen molar-refractivity contribution >= 4 is 11.9 Å². The van der Waals surface area contributed by atoms with Crippen molar-refractivity contribution in [3.63, 3.8) is 0 Å². The van der Waals surface area contributed by atoms with Gasteiger partial charge in [-0.3, -0.25) is 9.59 Å². The number of rotatable bonds is 21. The van der Waals surface area contributed by atoms with Crippen LogP contribution in [0.15, 0.2) is 24.8 Å². The highest BCUT2D eigenvalue weighted by atomic mass is 16.5. The fraction of sp³-hybridized carbons (Fsp3) is 0.760. The lowest BCUT2D eigenvalue weighted by Gasteiger charge is -2.13. The van der Waals surface area contributed by atoms with E-state index in [1.807, 2.05) is 0 Å². The summed E-state index contributed by atoms with van der Waals surface area (Å²) >= 11 is 0. The minimum absolute atomic E-state index is 0.143. The third-order valence-corrected chi connectivity index (χ3v) is 5.16. The number of allylic oxidation sites excluding steroid dienone is 2. The molecule has 0 aromatic carbocycles. The minimum atomic E-state index is -0.946. The van der Waals surface area contributed by atoms with Gasteiger partial charge in [-0.05, 0) is 25.7 Å². The quantitative estimate of drug-likeness (QED) is 0.124. The van der Waals surface area contributed by atoms with Crippen LogP contribution in [0, 0.1) is 5.92 Å². The topological polar surface area (TPSA) is 63.6 Å². The normalized spacial score (nSPS) is 12.2. The predicted octanol–water partition coefficient (Wildman–Crippen LogP) is 7.23. The second-order valence-electron chi connectivity index (χ2n) is 7.94. The molecule has 168 valence electrons. The van der Waals surface area contributed by atoms with Crippen LogP contribution in [0.5, 0.6) is 0 Å². The van der Waals surface area contributed by atoms with Crippen LogP contribution in [0.25, 0.3) is 0 Å². The van der Waals surface area contributed by atoms with E-state index >= 15 is 0 Å². The van der Waals surface area contributed by atoms with Gasteiger partial charge in [0.15, 0.2) is 0 Å². The Bertz CT molecular complexity index is 442. The number of carboxylic acids is 1. The summed E-state index contributed by atoms with van der Waals surface area (Å²) in [5.41, 5.74) is 0. The lowest BCUT2D eigenvalue weighted by atomic mass is 9.97. The van der Waals surface area contributed by atoms with Gasteiger partial charge in [-0.15, -0.1) is 0 Å². The lowest BCUT2D eigenvalue weighted by molar-refractivity contribution is -0.152. The van der Waals surface area contributed by atoms with Crippen LogP contribution in [0.3, 0.4) is 0 Å². The smallest absolute Gasteiger partial charge is 0.309 e. The van der Waals surface area contributed by atoms with Gasteiger partial charge in [0.2, 0.25) is 0 Å². The number of aliphatic carboxylic acids is 1. The summed E-state index contributed by atoms with van der Waals surface area (Å²) in [4.78, 5) is 22.8. The zero-order chi connectivity index (χ0) is 21.6. The molecule has 1 unspecified atom stereocenters. The molecule has 4 heteroatoms. The average molecular weight is 409 g/mol. The Labute approximate surface area is 178 Å². The van der Waals surface area contributed by atoms with Crippen LogP contribution >= 0.6 is 0 Å². The third kappa shape index (κ3) is 19.5. The molecule has 0 amide bonds. The summed E-state index contributed by atoms with van der Waals surface area (Å²) in [5.74, 6) is -1.89. The Balaban J connectivity index is 3.54. The largest absolute Gasteiger partial charge is 0.481 e. The van der Waals surface area contributed by atoms with Crippen molar-refractivity contribution in [2.45, 2.75) is 110 Å². The summed E-state index contributed by atoms with van der Waals surface area (Å²) in [6.07, 6.45) is 23.9. The molecule has 0 saturated carbocycles. The highest BCUT2D eigenvalue weighted by Crippen LogP contribution is 2.18. The second kappa shape index (κ2) is 21.1. The Kier molecular flexibility index (Phi) is 20.0. The van der Waals surface area contributed by atoms with Crippen LogP contribution in [0.4, 0.5) is 0 Å². The first kappa shape index (κ1) is 27.4. The predicted molar refractivity (Wildman–Crippen MR) is 121 cm³/mol. The van der Waals surface area contributed by atoms with E-state index in [9.17, 15) is 9.59 Å². The van der Waals surface area contributed by atoms with Crippen molar-refractivity contribution in [3.8, 4) is 0 Å². The minimum Gasteiger partial charge on any atom is -0.481 e. The fourth-order valence-electron chi connectivity index (χ4n) is 3.40. The van der Waals surface area contributed by atoms with Crippen molar-refractivity contribution in [2.24, 2.45) is 5.92 Å². The maximum Gasteiger partial charge on any atom is 0.309 e. The molecule has 0 aromatic heterocycles. The monoisotopic (exact) mass is 408 g/mol. The maximum absolute atomic E-state index is 11.9. The van der Waals surface area contributed by atoms with Gasteiger partial charge in [0.1, 0.15) is 6.61 Å². The standard InChI is InChI=1S/C25H44O4/c1-3-5-6-7-8-9-10-11-12-13-14-15-16-17-18-19-20-23(22-24(26)27)25(28)29-21-4-2/h4,7-8,23H,2-3,5-6,9-22H2,1H3,(H,26,27)/b8-7+. The van der Waals surface area contributed by atoms with E-state index in [4.69, 9.17) is 9.84 Å². The number of carbonyl (C=O) groups excluding carboxylic acids is 1. The molecule has 0 bridgehead atoms. The zero-order valence-corrected chi connectivity index (χ0v) is 18.7. The molecule has 0 aliphatic rings.